The fourth-order valence-electron chi connectivity index (χ4n) is 1.42. The van der Waals surface area contributed by atoms with Crippen LogP contribution in [-0.2, 0) is 4.74 Å². The zero-order valence-corrected chi connectivity index (χ0v) is 10.2. The van der Waals surface area contributed by atoms with Crippen LogP contribution in [0.5, 0.6) is 0 Å². The summed E-state index contributed by atoms with van der Waals surface area (Å²) < 4.78 is 5.09. The molecule has 0 bridgehead atoms. The van der Waals surface area contributed by atoms with E-state index in [2.05, 4.69) is 18.3 Å². The fourth-order valence-corrected chi connectivity index (χ4v) is 1.59. The van der Waals surface area contributed by atoms with Gasteiger partial charge in [-0.05, 0) is 24.6 Å². The van der Waals surface area contributed by atoms with E-state index in [0.29, 0.717) is 17.2 Å². The summed E-state index contributed by atoms with van der Waals surface area (Å²) in [4.78, 5) is 0. The van der Waals surface area contributed by atoms with Crippen molar-refractivity contribution in [2.45, 2.75) is 19.4 Å². The van der Waals surface area contributed by atoms with Crippen LogP contribution in [0.25, 0.3) is 0 Å². The van der Waals surface area contributed by atoms with E-state index in [-0.39, 0.29) is 6.04 Å². The number of nitriles is 1. The Morgan fingerprint density at radius 3 is 2.88 bits per heavy atom. The monoisotopic (exact) mass is 238 g/mol. The van der Waals surface area contributed by atoms with Crippen molar-refractivity contribution in [3.8, 4) is 6.07 Å². The van der Waals surface area contributed by atoms with Gasteiger partial charge in [0.15, 0.2) is 0 Å². The van der Waals surface area contributed by atoms with Gasteiger partial charge in [0.25, 0.3) is 0 Å². The normalized spacial score (nSPS) is 11.9. The molecular formula is C12H15ClN2O. The molecule has 1 unspecified atom stereocenters. The third-order valence-corrected chi connectivity index (χ3v) is 2.56. The third kappa shape index (κ3) is 3.41. The number of rotatable bonds is 5. The lowest BCUT2D eigenvalue weighted by atomic mass is 10.1. The lowest BCUT2D eigenvalue weighted by Gasteiger charge is -2.18. The minimum atomic E-state index is 0.207. The van der Waals surface area contributed by atoms with Crippen LogP contribution in [0.2, 0.25) is 5.02 Å². The number of hydrogen-bond acceptors (Lipinski definition) is 3. The maximum Gasteiger partial charge on any atom is 0.101 e. The molecule has 0 fully saturated rings. The molecule has 0 spiro atoms. The molecule has 4 heteroatoms. The van der Waals surface area contributed by atoms with E-state index in [1.807, 2.05) is 6.07 Å². The Labute approximate surface area is 101 Å². The quantitative estimate of drug-likeness (QED) is 0.858. The molecule has 1 atom stereocenters. The molecule has 0 aromatic heterocycles. The molecule has 3 nitrogen and oxygen atoms in total. The van der Waals surface area contributed by atoms with Gasteiger partial charge in [0, 0.05) is 18.2 Å². The average Bonchev–Trinajstić information content (AvgIpc) is 2.30. The molecule has 0 aliphatic heterocycles. The van der Waals surface area contributed by atoms with Crippen molar-refractivity contribution in [2.24, 2.45) is 0 Å². The molecular weight excluding hydrogens is 224 g/mol. The second-order valence-electron chi connectivity index (χ2n) is 3.51. The van der Waals surface area contributed by atoms with E-state index in [4.69, 9.17) is 21.6 Å². The second kappa shape index (κ2) is 6.37. The highest BCUT2D eigenvalue weighted by molar-refractivity contribution is 6.30. The zero-order valence-electron chi connectivity index (χ0n) is 9.46. The summed E-state index contributed by atoms with van der Waals surface area (Å²) in [6.45, 7) is 2.68. The van der Waals surface area contributed by atoms with Crippen molar-refractivity contribution < 1.29 is 4.74 Å². The first-order valence-corrected chi connectivity index (χ1v) is 5.54. The van der Waals surface area contributed by atoms with Crippen LogP contribution in [0.3, 0.4) is 0 Å². The highest BCUT2D eigenvalue weighted by Gasteiger charge is 2.08. The van der Waals surface area contributed by atoms with Crippen LogP contribution >= 0.6 is 11.6 Å². The van der Waals surface area contributed by atoms with Crippen LogP contribution < -0.4 is 5.32 Å². The van der Waals surface area contributed by atoms with Gasteiger partial charge in [-0.2, -0.15) is 5.26 Å². The van der Waals surface area contributed by atoms with Crippen molar-refractivity contribution in [1.29, 1.82) is 5.26 Å². The Kier molecular flexibility index (Phi) is 5.10. The smallest absolute Gasteiger partial charge is 0.101 e. The zero-order chi connectivity index (χ0) is 12.0. The molecule has 1 N–H and O–H groups in total. The van der Waals surface area contributed by atoms with E-state index in [0.717, 1.165) is 12.1 Å². The highest BCUT2D eigenvalue weighted by Crippen LogP contribution is 2.21. The fraction of sp³-hybridized carbons (Fsp3) is 0.417. The summed E-state index contributed by atoms with van der Waals surface area (Å²) in [6, 6.07) is 7.57. The number of ether oxygens (including phenoxy) is 1. The molecule has 0 saturated heterocycles. The summed E-state index contributed by atoms with van der Waals surface area (Å²) in [5, 5.41) is 12.8. The predicted octanol–water partition coefficient (Wildman–Crippen LogP) is 3.05. The van der Waals surface area contributed by atoms with E-state index >= 15 is 0 Å². The van der Waals surface area contributed by atoms with Gasteiger partial charge in [-0.1, -0.05) is 18.5 Å². The van der Waals surface area contributed by atoms with Crippen molar-refractivity contribution in [3.05, 3.63) is 28.8 Å². The Morgan fingerprint density at radius 2 is 2.31 bits per heavy atom. The lowest BCUT2D eigenvalue weighted by Crippen LogP contribution is -2.24. The molecule has 1 aromatic rings. The summed E-state index contributed by atoms with van der Waals surface area (Å²) in [6.07, 6.45) is 0.932. The van der Waals surface area contributed by atoms with Gasteiger partial charge in [0.2, 0.25) is 0 Å². The van der Waals surface area contributed by atoms with Crippen LogP contribution in [0, 0.1) is 11.3 Å². The first-order chi connectivity index (χ1) is 7.71. The maximum atomic E-state index is 8.98. The van der Waals surface area contributed by atoms with Crippen molar-refractivity contribution in [1.82, 2.24) is 0 Å². The van der Waals surface area contributed by atoms with Gasteiger partial charge in [-0.15, -0.1) is 0 Å². The number of nitrogens with zero attached hydrogens (tertiary/aromatic N) is 1. The van der Waals surface area contributed by atoms with Crippen LogP contribution in [-0.4, -0.2) is 19.8 Å². The Balaban J connectivity index is 2.83. The SMILES string of the molecule is CCC(COC)Nc1ccc(Cl)cc1C#N. The summed E-state index contributed by atoms with van der Waals surface area (Å²) in [5.74, 6) is 0. The van der Waals surface area contributed by atoms with Gasteiger partial charge < -0.3 is 10.1 Å². The molecule has 1 rings (SSSR count). The minimum absolute atomic E-state index is 0.207. The predicted molar refractivity (Wildman–Crippen MR) is 65.7 cm³/mol. The van der Waals surface area contributed by atoms with E-state index in [1.165, 1.54) is 0 Å². The highest BCUT2D eigenvalue weighted by atomic mass is 35.5. The maximum absolute atomic E-state index is 8.98. The molecule has 0 aliphatic carbocycles. The summed E-state index contributed by atoms with van der Waals surface area (Å²) in [5.41, 5.74) is 1.36. The number of methoxy groups -OCH3 is 1. The molecule has 1 aromatic carbocycles. The topological polar surface area (TPSA) is 45.0 Å². The largest absolute Gasteiger partial charge is 0.383 e. The number of nitrogens with one attached hydrogen (secondary N) is 1. The van der Waals surface area contributed by atoms with Crippen LogP contribution in [0.4, 0.5) is 5.69 Å². The second-order valence-corrected chi connectivity index (χ2v) is 3.94. The minimum Gasteiger partial charge on any atom is -0.383 e. The van der Waals surface area contributed by atoms with E-state index in [9.17, 15) is 0 Å². The molecule has 86 valence electrons. The van der Waals surface area contributed by atoms with Gasteiger partial charge in [0.1, 0.15) is 6.07 Å². The molecule has 0 amide bonds. The standard InChI is InChI=1S/C12H15ClN2O/c1-3-11(8-16-2)15-12-5-4-10(13)6-9(12)7-14/h4-6,11,15H,3,8H2,1-2H3. The molecule has 0 heterocycles. The molecule has 0 radical (unpaired) electrons. The summed E-state index contributed by atoms with van der Waals surface area (Å²) in [7, 11) is 1.66. The molecule has 16 heavy (non-hydrogen) atoms. The number of anilines is 1. The van der Waals surface area contributed by atoms with E-state index in [1.54, 1.807) is 19.2 Å². The lowest BCUT2D eigenvalue weighted by molar-refractivity contribution is 0.184. The first kappa shape index (κ1) is 12.8. The van der Waals surface area contributed by atoms with Gasteiger partial charge in [-0.3, -0.25) is 0 Å². The Hall–Kier alpha value is -1.24. The third-order valence-electron chi connectivity index (χ3n) is 2.32. The van der Waals surface area contributed by atoms with Crippen LogP contribution in [0.1, 0.15) is 18.9 Å². The van der Waals surface area contributed by atoms with Crippen molar-refractivity contribution in [3.63, 3.8) is 0 Å². The Morgan fingerprint density at radius 1 is 1.56 bits per heavy atom. The number of hydrogen-bond donors (Lipinski definition) is 1. The van der Waals surface area contributed by atoms with Gasteiger partial charge in [0.05, 0.1) is 17.9 Å². The average molecular weight is 239 g/mol. The molecule has 0 saturated carbocycles. The van der Waals surface area contributed by atoms with Crippen LogP contribution in [0.15, 0.2) is 18.2 Å². The van der Waals surface area contributed by atoms with Gasteiger partial charge >= 0.3 is 0 Å². The van der Waals surface area contributed by atoms with Crippen molar-refractivity contribution in [2.75, 3.05) is 19.0 Å². The van der Waals surface area contributed by atoms with Gasteiger partial charge in [-0.25, -0.2) is 0 Å². The summed E-state index contributed by atoms with van der Waals surface area (Å²) >= 11 is 5.82. The Bertz CT molecular complexity index is 387. The van der Waals surface area contributed by atoms with E-state index < -0.39 is 0 Å². The molecule has 0 aliphatic rings. The first-order valence-electron chi connectivity index (χ1n) is 5.16. The number of benzene rings is 1. The number of halogens is 1. The van der Waals surface area contributed by atoms with Crippen molar-refractivity contribution >= 4 is 17.3 Å².